The molecule has 10 heteroatoms. The quantitative estimate of drug-likeness (QED) is 0.180. The number of nitrogen functional groups attached to an aromatic ring is 1. The lowest BCUT2D eigenvalue weighted by atomic mass is 10.0. The van der Waals surface area contributed by atoms with Gasteiger partial charge in [0.05, 0.1) is 6.54 Å². The third-order valence-electron chi connectivity index (χ3n) is 6.00. The average molecular weight is 524 g/mol. The SMILES string of the molecule is CC(C)c1ccc(C(CNCC(=O)NCCc2cccnc2)S(=O)(=O)c2cc(C(=N)N)ccc2O)cc1. The number of phenols is 1. The van der Waals surface area contributed by atoms with Crippen LogP contribution < -0.4 is 16.4 Å². The molecule has 3 rings (SSSR count). The van der Waals surface area contributed by atoms with Crippen LogP contribution in [0.25, 0.3) is 0 Å². The number of carbonyl (C=O) groups is 1. The Labute approximate surface area is 217 Å². The maximum Gasteiger partial charge on any atom is 0.233 e. The van der Waals surface area contributed by atoms with E-state index in [4.69, 9.17) is 11.1 Å². The smallest absolute Gasteiger partial charge is 0.233 e. The number of aromatic hydroxyl groups is 1. The first kappa shape index (κ1) is 27.8. The monoisotopic (exact) mass is 523 g/mol. The predicted molar refractivity (Wildman–Crippen MR) is 143 cm³/mol. The fourth-order valence-electron chi connectivity index (χ4n) is 3.84. The van der Waals surface area contributed by atoms with Crippen LogP contribution in [0.2, 0.25) is 0 Å². The molecule has 37 heavy (non-hydrogen) atoms. The summed E-state index contributed by atoms with van der Waals surface area (Å²) in [5.41, 5.74) is 8.30. The number of pyridine rings is 1. The molecular weight excluding hydrogens is 490 g/mol. The fraction of sp³-hybridized carbons (Fsp3) is 0.296. The Hall–Kier alpha value is -3.76. The van der Waals surface area contributed by atoms with Gasteiger partial charge in [-0.1, -0.05) is 44.2 Å². The highest BCUT2D eigenvalue weighted by Gasteiger charge is 2.32. The van der Waals surface area contributed by atoms with Gasteiger partial charge in [-0.05, 0) is 53.3 Å². The van der Waals surface area contributed by atoms with Crippen molar-refractivity contribution >= 4 is 21.6 Å². The van der Waals surface area contributed by atoms with E-state index in [1.54, 1.807) is 24.5 Å². The first-order valence-corrected chi connectivity index (χ1v) is 13.5. The van der Waals surface area contributed by atoms with Crippen molar-refractivity contribution in [2.75, 3.05) is 19.6 Å². The van der Waals surface area contributed by atoms with Crippen LogP contribution in [0.15, 0.2) is 71.9 Å². The molecule has 0 aliphatic rings. The molecule has 0 bridgehead atoms. The van der Waals surface area contributed by atoms with E-state index in [1.807, 2.05) is 38.1 Å². The molecule has 1 heterocycles. The number of carbonyl (C=O) groups excluding carboxylic acids is 1. The molecule has 0 radical (unpaired) electrons. The van der Waals surface area contributed by atoms with E-state index in [1.165, 1.54) is 18.2 Å². The van der Waals surface area contributed by atoms with Gasteiger partial charge in [-0.2, -0.15) is 0 Å². The van der Waals surface area contributed by atoms with Crippen molar-refractivity contribution in [2.24, 2.45) is 5.73 Å². The number of nitrogens with zero attached hydrogens (tertiary/aromatic N) is 1. The predicted octanol–water partition coefficient (Wildman–Crippen LogP) is 2.66. The van der Waals surface area contributed by atoms with Crippen molar-refractivity contribution in [1.29, 1.82) is 5.41 Å². The number of sulfone groups is 1. The molecule has 196 valence electrons. The Balaban J connectivity index is 1.77. The number of nitrogens with one attached hydrogen (secondary N) is 3. The van der Waals surface area contributed by atoms with E-state index >= 15 is 0 Å². The molecule has 1 unspecified atom stereocenters. The van der Waals surface area contributed by atoms with Crippen LogP contribution in [0.3, 0.4) is 0 Å². The van der Waals surface area contributed by atoms with Gasteiger partial charge in [0, 0.05) is 31.0 Å². The molecule has 0 aliphatic heterocycles. The normalized spacial score (nSPS) is 12.3. The zero-order valence-electron chi connectivity index (χ0n) is 20.9. The maximum absolute atomic E-state index is 13.7. The van der Waals surface area contributed by atoms with E-state index < -0.39 is 20.8 Å². The fourth-order valence-corrected chi connectivity index (χ4v) is 5.65. The summed E-state index contributed by atoms with van der Waals surface area (Å²) in [4.78, 5) is 16.1. The number of hydrogen-bond donors (Lipinski definition) is 5. The van der Waals surface area contributed by atoms with Crippen LogP contribution in [0, 0.1) is 5.41 Å². The Kier molecular flexibility index (Phi) is 9.37. The summed E-state index contributed by atoms with van der Waals surface area (Å²) < 4.78 is 27.5. The van der Waals surface area contributed by atoms with Gasteiger partial charge in [-0.25, -0.2) is 8.42 Å². The van der Waals surface area contributed by atoms with E-state index in [-0.39, 0.29) is 41.2 Å². The minimum Gasteiger partial charge on any atom is -0.507 e. The Morgan fingerprint density at radius 2 is 1.81 bits per heavy atom. The third kappa shape index (κ3) is 7.37. The van der Waals surface area contributed by atoms with E-state index in [9.17, 15) is 18.3 Å². The van der Waals surface area contributed by atoms with Crippen molar-refractivity contribution in [3.8, 4) is 5.75 Å². The zero-order chi connectivity index (χ0) is 27.0. The lowest BCUT2D eigenvalue weighted by molar-refractivity contribution is -0.120. The van der Waals surface area contributed by atoms with Gasteiger partial charge in [0.1, 0.15) is 21.7 Å². The minimum atomic E-state index is -4.13. The maximum atomic E-state index is 13.7. The van der Waals surface area contributed by atoms with Crippen LogP contribution in [-0.4, -0.2) is 49.9 Å². The van der Waals surface area contributed by atoms with Crippen LogP contribution >= 0.6 is 0 Å². The van der Waals surface area contributed by atoms with Gasteiger partial charge in [-0.3, -0.25) is 15.2 Å². The molecule has 9 nitrogen and oxygen atoms in total. The summed E-state index contributed by atoms with van der Waals surface area (Å²) in [6, 6.07) is 14.8. The van der Waals surface area contributed by atoms with Crippen molar-refractivity contribution in [1.82, 2.24) is 15.6 Å². The molecular formula is C27H33N5O4S. The van der Waals surface area contributed by atoms with Gasteiger partial charge in [0.25, 0.3) is 0 Å². The van der Waals surface area contributed by atoms with Crippen molar-refractivity contribution in [3.63, 3.8) is 0 Å². The van der Waals surface area contributed by atoms with Crippen LogP contribution in [0.5, 0.6) is 5.75 Å². The first-order valence-electron chi connectivity index (χ1n) is 12.0. The summed E-state index contributed by atoms with van der Waals surface area (Å²) in [5.74, 6) is -0.734. The Morgan fingerprint density at radius 1 is 1.11 bits per heavy atom. The topological polar surface area (TPSA) is 158 Å². The number of aromatic nitrogens is 1. The lowest BCUT2D eigenvalue weighted by Crippen LogP contribution is -2.37. The number of benzene rings is 2. The zero-order valence-corrected chi connectivity index (χ0v) is 21.8. The highest BCUT2D eigenvalue weighted by Crippen LogP contribution is 2.34. The van der Waals surface area contributed by atoms with Gasteiger partial charge >= 0.3 is 0 Å². The summed E-state index contributed by atoms with van der Waals surface area (Å²) in [5, 5.41) is 22.7. The molecule has 0 spiro atoms. The van der Waals surface area contributed by atoms with Crippen LogP contribution in [-0.2, 0) is 21.1 Å². The molecule has 3 aromatic rings. The van der Waals surface area contributed by atoms with Crippen LogP contribution in [0.4, 0.5) is 0 Å². The van der Waals surface area contributed by atoms with E-state index in [2.05, 4.69) is 15.6 Å². The molecule has 6 N–H and O–H groups in total. The van der Waals surface area contributed by atoms with E-state index in [0.29, 0.717) is 18.5 Å². The number of rotatable bonds is 12. The Morgan fingerprint density at radius 3 is 2.43 bits per heavy atom. The molecule has 0 saturated carbocycles. The number of amides is 1. The van der Waals surface area contributed by atoms with Crippen LogP contribution in [0.1, 0.15) is 47.3 Å². The van der Waals surface area contributed by atoms with Gasteiger partial charge < -0.3 is 21.5 Å². The van der Waals surface area contributed by atoms with Gasteiger partial charge in [-0.15, -0.1) is 0 Å². The summed E-state index contributed by atoms with van der Waals surface area (Å²) in [6.45, 7) is 4.37. The molecule has 1 amide bonds. The molecule has 1 aromatic heterocycles. The average Bonchev–Trinajstić information content (AvgIpc) is 2.87. The van der Waals surface area contributed by atoms with Gasteiger partial charge in [0.15, 0.2) is 9.84 Å². The number of amidine groups is 1. The standard InChI is InChI=1S/C27H33N5O4S/c1-18(2)20-5-7-21(8-6-20)25(37(35,36)24-14-22(27(28)29)9-10-23(24)33)16-31-17-26(34)32-13-11-19-4-3-12-30-15-19/h3-10,12,14-15,18,25,31,33H,11,13,16-17H2,1-2H3,(H3,28,29)(H,32,34). The molecule has 0 saturated heterocycles. The molecule has 1 atom stereocenters. The second kappa shape index (κ2) is 12.5. The molecule has 2 aromatic carbocycles. The Bertz CT molecular complexity index is 1330. The summed E-state index contributed by atoms with van der Waals surface area (Å²) in [7, 11) is -4.13. The second-order valence-corrected chi connectivity index (χ2v) is 11.1. The summed E-state index contributed by atoms with van der Waals surface area (Å²) >= 11 is 0. The first-order chi connectivity index (χ1) is 17.6. The third-order valence-corrected chi connectivity index (χ3v) is 8.13. The summed E-state index contributed by atoms with van der Waals surface area (Å²) in [6.07, 6.45) is 4.05. The number of phenolic OH excluding ortho intramolecular Hbond substituents is 1. The lowest BCUT2D eigenvalue weighted by Gasteiger charge is -2.21. The van der Waals surface area contributed by atoms with E-state index in [0.717, 1.165) is 11.1 Å². The van der Waals surface area contributed by atoms with Crippen molar-refractivity contribution in [3.05, 3.63) is 89.2 Å². The number of hydrogen-bond acceptors (Lipinski definition) is 7. The largest absolute Gasteiger partial charge is 0.507 e. The molecule has 0 aliphatic carbocycles. The minimum absolute atomic E-state index is 0.0663. The molecule has 0 fully saturated rings. The second-order valence-electron chi connectivity index (χ2n) is 9.04. The highest BCUT2D eigenvalue weighted by molar-refractivity contribution is 7.91. The number of nitrogens with two attached hydrogens (primary N) is 1. The highest BCUT2D eigenvalue weighted by atomic mass is 32.2. The van der Waals surface area contributed by atoms with Gasteiger partial charge in [0.2, 0.25) is 5.91 Å². The van der Waals surface area contributed by atoms with Crippen molar-refractivity contribution < 1.29 is 18.3 Å². The van der Waals surface area contributed by atoms with Crippen molar-refractivity contribution in [2.45, 2.75) is 36.3 Å².